The summed E-state index contributed by atoms with van der Waals surface area (Å²) in [6.07, 6.45) is -7.12. The molecule has 2 aromatic carbocycles. The SMILES string of the molecule is O/N=C/c1cccc(-c2cccc(C(F)(F)F)c2)n1.O=Cc1cccc(-c2cccc(C(F)(F)F)c2)n1. The van der Waals surface area contributed by atoms with Crippen molar-refractivity contribution in [3.63, 3.8) is 0 Å². The number of hydrogen-bond acceptors (Lipinski definition) is 5. The van der Waals surface area contributed by atoms with E-state index in [0.717, 1.165) is 30.5 Å². The third kappa shape index (κ3) is 7.47. The predicted octanol–water partition coefficient (Wildman–Crippen LogP) is 7.16. The number of oxime groups is 1. The Morgan fingerprint density at radius 1 is 0.649 bits per heavy atom. The lowest BCUT2D eigenvalue weighted by atomic mass is 10.1. The van der Waals surface area contributed by atoms with Gasteiger partial charge in [0.15, 0.2) is 6.29 Å². The van der Waals surface area contributed by atoms with E-state index < -0.39 is 23.5 Å². The van der Waals surface area contributed by atoms with E-state index in [9.17, 15) is 31.1 Å². The number of halogens is 6. The Kier molecular flexibility index (Phi) is 8.38. The summed E-state index contributed by atoms with van der Waals surface area (Å²) in [6, 6.07) is 19.2. The molecule has 2 heterocycles. The number of carbonyl (C=O) groups is 1. The predicted molar refractivity (Wildman–Crippen MR) is 124 cm³/mol. The van der Waals surface area contributed by atoms with Crippen LogP contribution in [-0.4, -0.2) is 27.7 Å². The maximum Gasteiger partial charge on any atom is 0.416 e. The van der Waals surface area contributed by atoms with Crippen molar-refractivity contribution < 1.29 is 36.3 Å². The van der Waals surface area contributed by atoms with Crippen molar-refractivity contribution in [3.8, 4) is 22.5 Å². The Labute approximate surface area is 206 Å². The average molecular weight is 517 g/mol. The molecule has 0 amide bonds. The minimum atomic E-state index is -4.39. The van der Waals surface area contributed by atoms with E-state index in [2.05, 4.69) is 15.1 Å². The van der Waals surface area contributed by atoms with E-state index in [1.807, 2.05) is 0 Å². The Balaban J connectivity index is 0.000000206. The molecule has 37 heavy (non-hydrogen) atoms. The molecule has 0 bridgehead atoms. The number of carbonyl (C=O) groups excluding carboxylic acids is 1. The van der Waals surface area contributed by atoms with E-state index in [1.54, 1.807) is 30.3 Å². The zero-order valence-corrected chi connectivity index (χ0v) is 18.7. The fourth-order valence-electron chi connectivity index (χ4n) is 3.13. The fraction of sp³-hybridized carbons (Fsp3) is 0.0769. The molecule has 0 unspecified atom stereocenters. The summed E-state index contributed by atoms with van der Waals surface area (Å²) in [7, 11) is 0. The van der Waals surface area contributed by atoms with Gasteiger partial charge in [-0.1, -0.05) is 41.6 Å². The molecule has 4 rings (SSSR count). The molecule has 0 spiro atoms. The second-order valence-corrected chi connectivity index (χ2v) is 7.41. The zero-order valence-electron chi connectivity index (χ0n) is 18.7. The van der Waals surface area contributed by atoms with E-state index in [1.165, 1.54) is 30.3 Å². The van der Waals surface area contributed by atoms with Crippen LogP contribution < -0.4 is 0 Å². The van der Waals surface area contributed by atoms with Crippen LogP contribution in [0.1, 0.15) is 27.3 Å². The molecule has 2 aromatic heterocycles. The lowest BCUT2D eigenvalue weighted by Gasteiger charge is -2.08. The molecular weight excluding hydrogens is 500 g/mol. The van der Waals surface area contributed by atoms with Crippen LogP contribution >= 0.6 is 0 Å². The quantitative estimate of drug-likeness (QED) is 0.103. The van der Waals surface area contributed by atoms with Gasteiger partial charge in [-0.3, -0.25) is 4.79 Å². The maximum absolute atomic E-state index is 12.6. The summed E-state index contributed by atoms with van der Waals surface area (Å²) in [5, 5.41) is 11.2. The first-order valence-corrected chi connectivity index (χ1v) is 10.4. The number of benzene rings is 2. The molecule has 5 nitrogen and oxygen atoms in total. The van der Waals surface area contributed by atoms with Crippen LogP contribution in [0.15, 0.2) is 90.1 Å². The van der Waals surface area contributed by atoms with E-state index in [-0.39, 0.29) is 5.69 Å². The van der Waals surface area contributed by atoms with Crippen LogP contribution in [0.3, 0.4) is 0 Å². The summed E-state index contributed by atoms with van der Waals surface area (Å²) < 4.78 is 75.5. The smallest absolute Gasteiger partial charge is 0.411 e. The fourth-order valence-corrected chi connectivity index (χ4v) is 3.13. The topological polar surface area (TPSA) is 75.4 Å². The summed E-state index contributed by atoms with van der Waals surface area (Å²) in [5.41, 5.74) is 0.472. The standard InChI is InChI=1S/C13H9F3N2O.C13H8F3NO/c14-13(15,16)10-4-1-3-9(7-10)12-6-2-5-11(18-12)8-17-19;14-13(15,16)10-4-1-3-9(7-10)12-6-2-5-11(8-18)17-12/h1-8,19H;1-8H/b17-8+;. The molecule has 0 aliphatic carbocycles. The molecule has 0 aliphatic heterocycles. The second-order valence-electron chi connectivity index (χ2n) is 7.41. The third-order valence-corrected chi connectivity index (χ3v) is 4.82. The molecule has 0 saturated carbocycles. The zero-order chi connectivity index (χ0) is 27.1. The average Bonchev–Trinajstić information content (AvgIpc) is 2.89. The van der Waals surface area contributed by atoms with Crippen molar-refractivity contribution in [2.75, 3.05) is 0 Å². The van der Waals surface area contributed by atoms with Crippen LogP contribution in [0, 0.1) is 0 Å². The van der Waals surface area contributed by atoms with Crippen LogP contribution in [0.25, 0.3) is 22.5 Å². The lowest BCUT2D eigenvalue weighted by Crippen LogP contribution is -2.04. The van der Waals surface area contributed by atoms with Crippen LogP contribution in [0.5, 0.6) is 0 Å². The number of nitrogens with zero attached hydrogens (tertiary/aromatic N) is 3. The highest BCUT2D eigenvalue weighted by atomic mass is 19.4. The van der Waals surface area contributed by atoms with Gasteiger partial charge in [0.05, 0.1) is 34.4 Å². The molecule has 0 radical (unpaired) electrons. The van der Waals surface area contributed by atoms with E-state index in [0.29, 0.717) is 34.5 Å². The van der Waals surface area contributed by atoms with Crippen molar-refractivity contribution in [1.29, 1.82) is 0 Å². The molecule has 0 atom stereocenters. The summed E-state index contributed by atoms with van der Waals surface area (Å²) in [5.74, 6) is 0. The first kappa shape index (κ1) is 27.1. The van der Waals surface area contributed by atoms with Gasteiger partial charge in [0.2, 0.25) is 0 Å². The molecule has 0 aliphatic rings. The highest BCUT2D eigenvalue weighted by Crippen LogP contribution is 2.32. The van der Waals surface area contributed by atoms with Crippen molar-refractivity contribution in [3.05, 3.63) is 107 Å². The van der Waals surface area contributed by atoms with Crippen molar-refractivity contribution in [2.45, 2.75) is 12.4 Å². The number of aldehydes is 1. The van der Waals surface area contributed by atoms with E-state index in [4.69, 9.17) is 5.21 Å². The number of hydrogen-bond donors (Lipinski definition) is 1. The Morgan fingerprint density at radius 2 is 1.08 bits per heavy atom. The first-order chi connectivity index (χ1) is 17.5. The van der Waals surface area contributed by atoms with Crippen LogP contribution in [0.4, 0.5) is 26.3 Å². The third-order valence-electron chi connectivity index (χ3n) is 4.82. The van der Waals surface area contributed by atoms with E-state index >= 15 is 0 Å². The largest absolute Gasteiger partial charge is 0.416 e. The van der Waals surface area contributed by atoms with Crippen molar-refractivity contribution in [2.24, 2.45) is 5.16 Å². The number of aromatic nitrogens is 2. The molecule has 1 N–H and O–H groups in total. The normalized spacial score (nSPS) is 11.6. The first-order valence-electron chi connectivity index (χ1n) is 10.4. The van der Waals surface area contributed by atoms with Crippen LogP contribution in [0.2, 0.25) is 0 Å². The minimum absolute atomic E-state index is 0.185. The molecule has 0 saturated heterocycles. The van der Waals surface area contributed by atoms with Gasteiger partial charge in [-0.25, -0.2) is 9.97 Å². The Morgan fingerprint density at radius 3 is 1.51 bits per heavy atom. The second kappa shape index (κ2) is 11.5. The summed E-state index contributed by atoms with van der Waals surface area (Å²) >= 11 is 0. The molecule has 0 fully saturated rings. The van der Waals surface area contributed by atoms with Crippen molar-refractivity contribution in [1.82, 2.24) is 9.97 Å². The Hall–Kier alpha value is -4.54. The monoisotopic (exact) mass is 517 g/mol. The Bertz CT molecular complexity index is 1400. The van der Waals surface area contributed by atoms with Crippen LogP contribution in [-0.2, 0) is 12.4 Å². The summed E-state index contributed by atoms with van der Waals surface area (Å²) in [6.45, 7) is 0. The van der Waals surface area contributed by atoms with Gasteiger partial charge in [-0.05, 0) is 48.5 Å². The lowest BCUT2D eigenvalue weighted by molar-refractivity contribution is -0.138. The number of alkyl halides is 6. The van der Waals surface area contributed by atoms with Gasteiger partial charge < -0.3 is 5.21 Å². The highest BCUT2D eigenvalue weighted by molar-refractivity contribution is 5.78. The molecule has 11 heteroatoms. The molecule has 190 valence electrons. The van der Waals surface area contributed by atoms with Gasteiger partial charge in [-0.2, -0.15) is 26.3 Å². The van der Waals surface area contributed by atoms with Crippen molar-refractivity contribution >= 4 is 12.5 Å². The van der Waals surface area contributed by atoms with Gasteiger partial charge in [0.1, 0.15) is 5.69 Å². The highest BCUT2D eigenvalue weighted by Gasteiger charge is 2.31. The summed E-state index contributed by atoms with van der Waals surface area (Å²) in [4.78, 5) is 18.6. The molecular formula is C26H17F6N3O2. The van der Waals surface area contributed by atoms with Gasteiger partial charge >= 0.3 is 12.4 Å². The van der Waals surface area contributed by atoms with Gasteiger partial charge in [0, 0.05) is 11.1 Å². The minimum Gasteiger partial charge on any atom is -0.411 e. The molecule has 4 aromatic rings. The number of rotatable bonds is 4. The number of pyridine rings is 2. The maximum atomic E-state index is 12.6. The van der Waals surface area contributed by atoms with Gasteiger partial charge in [0.25, 0.3) is 0 Å². The van der Waals surface area contributed by atoms with Gasteiger partial charge in [-0.15, -0.1) is 0 Å².